The van der Waals surface area contributed by atoms with Crippen molar-refractivity contribution in [3.8, 4) is 23.1 Å². The molecule has 4 aromatic heterocycles. The molecule has 0 radical (unpaired) electrons. The summed E-state index contributed by atoms with van der Waals surface area (Å²) in [4.78, 5) is 14.1. The molecule has 0 saturated heterocycles. The van der Waals surface area contributed by atoms with Crippen molar-refractivity contribution in [3.63, 3.8) is 0 Å². The number of hydrogen-bond acceptors (Lipinski definition) is 6. The summed E-state index contributed by atoms with van der Waals surface area (Å²) in [6, 6.07) is 4.84. The summed E-state index contributed by atoms with van der Waals surface area (Å²) in [5, 5.41) is 0. The fourth-order valence-corrected chi connectivity index (χ4v) is 3.56. The zero-order valence-electron chi connectivity index (χ0n) is 20.6. The van der Waals surface area contributed by atoms with Gasteiger partial charge in [-0.3, -0.25) is 19.9 Å². The van der Waals surface area contributed by atoms with Crippen LogP contribution in [0.15, 0.2) is 24.3 Å². The number of halogens is 8. The van der Waals surface area contributed by atoms with Gasteiger partial charge < -0.3 is 18.6 Å². The van der Waals surface area contributed by atoms with Crippen molar-refractivity contribution in [1.29, 1.82) is 0 Å². The molecule has 0 aliphatic carbocycles. The predicted molar refractivity (Wildman–Crippen MR) is 116 cm³/mol. The number of pyridine rings is 2. The molecule has 0 fully saturated rings. The number of aromatic nitrogens is 6. The van der Waals surface area contributed by atoms with E-state index in [9.17, 15) is 35.1 Å². The molecule has 0 spiro atoms. The molecule has 4 heterocycles. The molecule has 40 heavy (non-hydrogen) atoms. The number of ether oxygens (including phenoxy) is 2. The van der Waals surface area contributed by atoms with Crippen molar-refractivity contribution >= 4 is 0 Å². The molecule has 0 aromatic carbocycles. The summed E-state index contributed by atoms with van der Waals surface area (Å²) < 4.78 is 119. The normalized spacial score (nSPS) is 12.3. The van der Waals surface area contributed by atoms with Gasteiger partial charge in [-0.25, -0.2) is 0 Å². The molecule has 0 unspecified atom stereocenters. The van der Waals surface area contributed by atoms with Crippen molar-refractivity contribution in [2.45, 2.75) is 31.6 Å². The summed E-state index contributed by atoms with van der Waals surface area (Å²) in [5.74, 6) is -7.25. The Bertz CT molecular complexity index is 1420. The fourth-order valence-electron chi connectivity index (χ4n) is 3.56. The molecule has 216 valence electrons. The molecule has 0 atom stereocenters. The van der Waals surface area contributed by atoms with Crippen LogP contribution in [0.2, 0.25) is 0 Å². The third kappa shape index (κ3) is 5.96. The maximum atomic E-state index is 13.7. The Morgan fingerprint density at radius 1 is 0.650 bits per heavy atom. The molecular weight excluding hydrogens is 739 g/mol. The molecule has 0 aliphatic heterocycles. The number of nitrogens with zero attached hydrogens (tertiary/aromatic N) is 6. The van der Waals surface area contributed by atoms with E-state index in [-0.39, 0.29) is 53.1 Å². The Morgan fingerprint density at radius 3 is 1.30 bits per heavy atom. The van der Waals surface area contributed by atoms with E-state index in [1.54, 1.807) is 0 Å². The zero-order chi connectivity index (χ0) is 28.9. The zero-order valence-corrected chi connectivity index (χ0v) is 22.9. The smallest absolute Gasteiger partial charge is 0.498 e. The van der Waals surface area contributed by atoms with Gasteiger partial charge in [-0.1, -0.05) is 0 Å². The second kappa shape index (κ2) is 10.8. The Labute approximate surface area is 235 Å². The Kier molecular flexibility index (Phi) is 8.35. The number of hydrogen-bond donors (Lipinski definition) is 0. The molecule has 0 saturated carbocycles. The summed E-state index contributed by atoms with van der Waals surface area (Å²) >= 11 is 0. The number of rotatable bonds is 6. The molecule has 0 amide bonds. The minimum absolute atomic E-state index is 0. The molecule has 0 N–H and O–H groups in total. The average molecular weight is 755 g/mol. The second-order valence-corrected chi connectivity index (χ2v) is 8.47. The van der Waals surface area contributed by atoms with Crippen LogP contribution in [-0.2, 0) is 38.8 Å². The van der Waals surface area contributed by atoms with Gasteiger partial charge in [0.25, 0.3) is 0 Å². The van der Waals surface area contributed by atoms with E-state index in [1.165, 1.54) is 40.2 Å². The van der Waals surface area contributed by atoms with Crippen LogP contribution in [0.5, 0.6) is 11.5 Å². The predicted octanol–water partition coefficient (Wildman–Crippen LogP) is 5.10. The van der Waals surface area contributed by atoms with Crippen LogP contribution in [-0.4, -0.2) is 43.3 Å². The third-order valence-corrected chi connectivity index (χ3v) is 5.53. The van der Waals surface area contributed by atoms with E-state index in [2.05, 4.69) is 19.9 Å². The van der Waals surface area contributed by atoms with Crippen molar-refractivity contribution in [3.05, 3.63) is 71.6 Å². The largest absolute Gasteiger partial charge is 2.00 e. The molecule has 4 aromatic rings. The van der Waals surface area contributed by atoms with Gasteiger partial charge in [0, 0.05) is 40.6 Å². The van der Waals surface area contributed by atoms with Crippen LogP contribution in [0.1, 0.15) is 36.9 Å². The first-order chi connectivity index (χ1) is 18.0. The van der Waals surface area contributed by atoms with Gasteiger partial charge in [-0.2, -0.15) is 35.1 Å². The monoisotopic (exact) mass is 755 g/mol. The van der Waals surface area contributed by atoms with E-state index in [4.69, 9.17) is 9.47 Å². The quantitative estimate of drug-likeness (QED) is 0.201. The van der Waals surface area contributed by atoms with Crippen molar-refractivity contribution in [1.82, 2.24) is 29.1 Å². The molecular formula is C23H16F8N6O2Pt. The van der Waals surface area contributed by atoms with Crippen molar-refractivity contribution in [2.75, 3.05) is 14.2 Å². The standard InChI is InChI=1S/C23H16F8N6O2.Pt/c1-21(2,13-5-11(38-3)7-17(32-13)36-9-15(24)34-19(36)22(26,27)28)14-6-12(39-4)8-18(33-14)37-10-16(25)35-20(37)23(29,30)31;/h5-8H,1-4H3;/q-2;+2. The summed E-state index contributed by atoms with van der Waals surface area (Å²) in [6.07, 6.45) is -6.48. The molecule has 17 heteroatoms. The van der Waals surface area contributed by atoms with E-state index in [0.29, 0.717) is 0 Å². The molecule has 0 aliphatic rings. The Morgan fingerprint density at radius 2 is 1.00 bits per heavy atom. The van der Waals surface area contributed by atoms with Gasteiger partial charge in [0.15, 0.2) is 11.9 Å². The van der Waals surface area contributed by atoms with Crippen LogP contribution < -0.4 is 9.47 Å². The summed E-state index contributed by atoms with van der Waals surface area (Å²) in [5.41, 5.74) is -1.34. The maximum Gasteiger partial charge on any atom is 2.00 e. The van der Waals surface area contributed by atoms with E-state index < -0.39 is 52.9 Å². The molecule has 0 bridgehead atoms. The minimum Gasteiger partial charge on any atom is -0.498 e. The second-order valence-electron chi connectivity index (χ2n) is 8.47. The van der Waals surface area contributed by atoms with Crippen LogP contribution in [0.25, 0.3) is 11.6 Å². The van der Waals surface area contributed by atoms with Crippen molar-refractivity contribution < 1.29 is 65.7 Å². The van der Waals surface area contributed by atoms with Gasteiger partial charge in [0.2, 0.25) is 0 Å². The van der Waals surface area contributed by atoms with Crippen LogP contribution >= 0.6 is 0 Å². The molecule has 4 rings (SSSR count). The number of alkyl halides is 6. The molecule has 8 nitrogen and oxygen atoms in total. The minimum atomic E-state index is -5.06. The van der Waals surface area contributed by atoms with E-state index in [0.717, 1.165) is 12.1 Å². The van der Waals surface area contributed by atoms with Gasteiger partial charge in [0.1, 0.15) is 23.1 Å². The Balaban J connectivity index is 0.00000441. The summed E-state index contributed by atoms with van der Waals surface area (Å²) in [6.45, 7) is 3.02. The van der Waals surface area contributed by atoms with E-state index >= 15 is 0 Å². The topological polar surface area (TPSA) is 79.9 Å². The van der Waals surface area contributed by atoms with Crippen molar-refractivity contribution in [2.24, 2.45) is 0 Å². The first kappa shape index (κ1) is 31.0. The van der Waals surface area contributed by atoms with Crippen LogP contribution in [0.3, 0.4) is 0 Å². The Hall–Kier alpha value is -3.55. The first-order valence-corrected chi connectivity index (χ1v) is 10.7. The SMILES string of the molecule is COc1cc(-n2[c-]c(F)nc2C(F)(F)F)nc(C(C)(C)c2cc(OC)cc(-n3[c-]c(F)nc3C(F)(F)F)n2)c1.[Pt+2]. The number of methoxy groups -OCH3 is 2. The van der Waals surface area contributed by atoms with Crippen LogP contribution in [0, 0.1) is 24.3 Å². The van der Waals surface area contributed by atoms with Crippen LogP contribution in [0.4, 0.5) is 35.1 Å². The maximum absolute atomic E-state index is 13.7. The first-order valence-electron chi connectivity index (χ1n) is 10.7. The van der Waals surface area contributed by atoms with Gasteiger partial charge >= 0.3 is 33.4 Å². The third-order valence-electron chi connectivity index (χ3n) is 5.53. The number of imidazole rings is 2. The fraction of sp³-hybridized carbons (Fsp3) is 0.304. The average Bonchev–Trinajstić information content (AvgIpc) is 3.46. The van der Waals surface area contributed by atoms with Gasteiger partial charge in [-0.05, 0) is 38.4 Å². The van der Waals surface area contributed by atoms with E-state index in [1.807, 2.05) is 12.4 Å². The van der Waals surface area contributed by atoms with Gasteiger partial charge in [0.05, 0.1) is 14.2 Å². The summed E-state index contributed by atoms with van der Waals surface area (Å²) in [7, 11) is 2.45. The van der Waals surface area contributed by atoms with Gasteiger partial charge in [-0.15, -0.1) is 0 Å².